The predicted octanol–water partition coefficient (Wildman–Crippen LogP) is 3.62. The van der Waals surface area contributed by atoms with Crippen LogP contribution < -0.4 is 10.2 Å². The SMILES string of the molecule is O=C(N/N=C/c1ccccc1OCc1ccccc1)c1ccco1. The molecule has 0 aliphatic carbocycles. The highest BCUT2D eigenvalue weighted by atomic mass is 16.5. The van der Waals surface area contributed by atoms with Crippen LogP contribution in [0.15, 0.2) is 82.5 Å². The number of carbonyl (C=O) groups excluding carboxylic acids is 1. The van der Waals surface area contributed by atoms with Crippen LogP contribution in [0.25, 0.3) is 0 Å². The van der Waals surface area contributed by atoms with Crippen LogP contribution in [0.5, 0.6) is 5.75 Å². The minimum Gasteiger partial charge on any atom is -0.488 e. The van der Waals surface area contributed by atoms with Crippen LogP contribution in [0.2, 0.25) is 0 Å². The van der Waals surface area contributed by atoms with E-state index in [-0.39, 0.29) is 5.76 Å². The minimum atomic E-state index is -0.404. The molecule has 0 radical (unpaired) electrons. The lowest BCUT2D eigenvalue weighted by Gasteiger charge is -2.08. The molecule has 5 nitrogen and oxygen atoms in total. The fourth-order valence-electron chi connectivity index (χ4n) is 2.08. The zero-order valence-corrected chi connectivity index (χ0v) is 12.9. The molecule has 1 aromatic heterocycles. The average Bonchev–Trinajstić information content (AvgIpc) is 3.16. The van der Waals surface area contributed by atoms with Crippen LogP contribution in [0.4, 0.5) is 0 Å². The van der Waals surface area contributed by atoms with Gasteiger partial charge in [-0.3, -0.25) is 4.79 Å². The van der Waals surface area contributed by atoms with Crippen LogP contribution in [0, 0.1) is 0 Å². The molecule has 0 unspecified atom stereocenters. The Morgan fingerprint density at radius 3 is 2.62 bits per heavy atom. The molecule has 3 aromatic rings. The van der Waals surface area contributed by atoms with Gasteiger partial charge in [-0.05, 0) is 29.8 Å². The van der Waals surface area contributed by atoms with Gasteiger partial charge in [0, 0.05) is 5.56 Å². The number of rotatable bonds is 6. The molecule has 0 aliphatic heterocycles. The molecule has 0 atom stereocenters. The first-order valence-corrected chi connectivity index (χ1v) is 7.45. The molecule has 0 saturated heterocycles. The minimum absolute atomic E-state index is 0.209. The lowest BCUT2D eigenvalue weighted by atomic mass is 10.2. The van der Waals surface area contributed by atoms with E-state index in [1.807, 2.05) is 54.6 Å². The molecule has 0 aliphatic rings. The molecule has 0 saturated carbocycles. The Morgan fingerprint density at radius 2 is 1.83 bits per heavy atom. The number of nitrogens with one attached hydrogen (secondary N) is 1. The second-order valence-corrected chi connectivity index (χ2v) is 4.99. The van der Waals surface area contributed by atoms with Gasteiger partial charge in [0.05, 0.1) is 12.5 Å². The van der Waals surface area contributed by atoms with Crippen molar-refractivity contribution in [2.75, 3.05) is 0 Å². The number of hydrogen-bond donors (Lipinski definition) is 1. The second kappa shape index (κ2) is 7.78. The van der Waals surface area contributed by atoms with Crippen LogP contribution in [0.3, 0.4) is 0 Å². The molecule has 0 spiro atoms. The summed E-state index contributed by atoms with van der Waals surface area (Å²) in [7, 11) is 0. The Balaban J connectivity index is 1.63. The van der Waals surface area contributed by atoms with E-state index in [0.717, 1.165) is 11.1 Å². The molecule has 1 amide bonds. The Labute approximate surface area is 139 Å². The summed E-state index contributed by atoms with van der Waals surface area (Å²) in [5.41, 5.74) is 4.27. The molecule has 5 heteroatoms. The zero-order valence-electron chi connectivity index (χ0n) is 12.9. The Bertz CT molecular complexity index is 812. The Hall–Kier alpha value is -3.34. The van der Waals surface area contributed by atoms with Gasteiger partial charge in [0.15, 0.2) is 5.76 Å². The quantitative estimate of drug-likeness (QED) is 0.557. The summed E-state index contributed by atoms with van der Waals surface area (Å²) in [5.74, 6) is 0.497. The number of furan rings is 1. The van der Waals surface area contributed by atoms with Crippen molar-refractivity contribution in [3.05, 3.63) is 89.9 Å². The number of carbonyl (C=O) groups is 1. The maximum atomic E-state index is 11.7. The predicted molar refractivity (Wildman–Crippen MR) is 91.0 cm³/mol. The molecule has 3 rings (SSSR count). The zero-order chi connectivity index (χ0) is 16.6. The number of nitrogens with zero attached hydrogens (tertiary/aromatic N) is 1. The third-order valence-electron chi connectivity index (χ3n) is 3.27. The maximum Gasteiger partial charge on any atom is 0.307 e. The van der Waals surface area contributed by atoms with E-state index in [2.05, 4.69) is 10.5 Å². The third-order valence-corrected chi connectivity index (χ3v) is 3.27. The number of para-hydroxylation sites is 1. The highest BCUT2D eigenvalue weighted by Gasteiger charge is 2.06. The van der Waals surface area contributed by atoms with Gasteiger partial charge in [-0.15, -0.1) is 0 Å². The van der Waals surface area contributed by atoms with Gasteiger partial charge in [-0.25, -0.2) is 5.43 Å². The largest absolute Gasteiger partial charge is 0.488 e. The smallest absolute Gasteiger partial charge is 0.307 e. The Kier molecular flexibility index (Phi) is 5.04. The summed E-state index contributed by atoms with van der Waals surface area (Å²) < 4.78 is 10.8. The molecule has 2 aromatic carbocycles. The standard InChI is InChI=1S/C19H16N2O3/c22-19(18-11-6-12-23-18)21-20-13-16-9-4-5-10-17(16)24-14-15-7-2-1-3-8-15/h1-13H,14H2,(H,21,22)/b20-13+. The highest BCUT2D eigenvalue weighted by molar-refractivity contribution is 5.92. The lowest BCUT2D eigenvalue weighted by molar-refractivity contribution is 0.0927. The lowest BCUT2D eigenvalue weighted by Crippen LogP contribution is -2.16. The summed E-state index contributed by atoms with van der Waals surface area (Å²) in [5, 5.41) is 3.95. The molecular formula is C19H16N2O3. The molecule has 0 bridgehead atoms. The third kappa shape index (κ3) is 4.10. The van der Waals surface area contributed by atoms with Gasteiger partial charge in [0.2, 0.25) is 0 Å². The first-order chi connectivity index (χ1) is 11.8. The number of ether oxygens (including phenoxy) is 1. The van der Waals surface area contributed by atoms with Crippen molar-refractivity contribution in [2.45, 2.75) is 6.61 Å². The number of hydrogen-bond acceptors (Lipinski definition) is 4. The van der Waals surface area contributed by atoms with Gasteiger partial charge in [-0.2, -0.15) is 5.10 Å². The van der Waals surface area contributed by atoms with E-state index in [9.17, 15) is 4.79 Å². The van der Waals surface area contributed by atoms with Crippen LogP contribution in [0.1, 0.15) is 21.7 Å². The van der Waals surface area contributed by atoms with Crippen molar-refractivity contribution in [3.8, 4) is 5.75 Å². The van der Waals surface area contributed by atoms with Crippen molar-refractivity contribution >= 4 is 12.1 Å². The van der Waals surface area contributed by atoms with Gasteiger partial charge < -0.3 is 9.15 Å². The summed E-state index contributed by atoms with van der Waals surface area (Å²) in [6.45, 7) is 0.463. The topological polar surface area (TPSA) is 63.8 Å². The van der Waals surface area contributed by atoms with Crippen molar-refractivity contribution in [1.29, 1.82) is 0 Å². The van der Waals surface area contributed by atoms with Crippen LogP contribution >= 0.6 is 0 Å². The first kappa shape index (κ1) is 15.6. The fourth-order valence-corrected chi connectivity index (χ4v) is 2.08. The first-order valence-electron chi connectivity index (χ1n) is 7.45. The van der Waals surface area contributed by atoms with Crippen molar-refractivity contribution in [1.82, 2.24) is 5.43 Å². The number of hydrazone groups is 1. The summed E-state index contributed by atoms with van der Waals surface area (Å²) in [6, 6.07) is 20.6. The van der Waals surface area contributed by atoms with E-state index in [4.69, 9.17) is 9.15 Å². The van der Waals surface area contributed by atoms with Crippen molar-refractivity contribution < 1.29 is 13.9 Å². The summed E-state index contributed by atoms with van der Waals surface area (Å²) in [6.07, 6.45) is 2.98. The average molecular weight is 320 g/mol. The molecule has 1 N–H and O–H groups in total. The molecular weight excluding hydrogens is 304 g/mol. The molecule has 1 heterocycles. The summed E-state index contributed by atoms with van der Waals surface area (Å²) >= 11 is 0. The number of benzene rings is 2. The normalized spacial score (nSPS) is 10.7. The monoisotopic (exact) mass is 320 g/mol. The fraction of sp³-hybridized carbons (Fsp3) is 0.0526. The van der Waals surface area contributed by atoms with Gasteiger partial charge in [0.1, 0.15) is 12.4 Å². The molecule has 120 valence electrons. The Morgan fingerprint density at radius 1 is 1.04 bits per heavy atom. The molecule has 24 heavy (non-hydrogen) atoms. The van der Waals surface area contributed by atoms with Crippen molar-refractivity contribution in [3.63, 3.8) is 0 Å². The maximum absolute atomic E-state index is 11.7. The van der Waals surface area contributed by atoms with E-state index in [1.54, 1.807) is 18.3 Å². The highest BCUT2D eigenvalue weighted by Crippen LogP contribution is 2.17. The van der Waals surface area contributed by atoms with E-state index < -0.39 is 5.91 Å². The summed E-state index contributed by atoms with van der Waals surface area (Å²) in [4.78, 5) is 11.7. The second-order valence-electron chi connectivity index (χ2n) is 4.99. The molecule has 0 fully saturated rings. The van der Waals surface area contributed by atoms with E-state index in [1.165, 1.54) is 6.26 Å². The van der Waals surface area contributed by atoms with Crippen molar-refractivity contribution in [2.24, 2.45) is 5.10 Å². The van der Waals surface area contributed by atoms with Crippen LogP contribution in [-0.2, 0) is 6.61 Å². The van der Waals surface area contributed by atoms with E-state index >= 15 is 0 Å². The van der Waals surface area contributed by atoms with E-state index in [0.29, 0.717) is 12.4 Å². The van der Waals surface area contributed by atoms with Gasteiger partial charge in [-0.1, -0.05) is 42.5 Å². The van der Waals surface area contributed by atoms with Crippen LogP contribution in [-0.4, -0.2) is 12.1 Å². The van der Waals surface area contributed by atoms with Gasteiger partial charge >= 0.3 is 5.91 Å². The number of amides is 1. The van der Waals surface area contributed by atoms with Gasteiger partial charge in [0.25, 0.3) is 0 Å².